The van der Waals surface area contributed by atoms with E-state index in [-0.39, 0.29) is 11.2 Å². The number of rotatable bonds is 1. The highest BCUT2D eigenvalue weighted by Crippen LogP contribution is 2.20. The van der Waals surface area contributed by atoms with E-state index in [1.165, 1.54) is 0 Å². The molecule has 0 spiro atoms. The Kier molecular flexibility index (Phi) is 2.52. The Morgan fingerprint density at radius 3 is 2.38 bits per heavy atom. The number of carbonyl (C=O) groups is 1. The molecule has 3 nitrogen and oxygen atoms in total. The lowest BCUT2D eigenvalue weighted by atomic mass is 9.90. The summed E-state index contributed by atoms with van der Waals surface area (Å²) in [5.74, 6) is 0.507. The van der Waals surface area contributed by atoms with Crippen LogP contribution in [0.15, 0.2) is 11.2 Å². The van der Waals surface area contributed by atoms with Crippen molar-refractivity contribution in [2.75, 3.05) is 0 Å². The number of hydrogen-bond donors (Lipinski definition) is 1. The molecule has 13 heavy (non-hydrogen) atoms. The molecule has 1 rings (SSSR count). The summed E-state index contributed by atoms with van der Waals surface area (Å²) in [5, 5.41) is 0.579. The Morgan fingerprint density at radius 2 is 2.08 bits per heavy atom. The van der Waals surface area contributed by atoms with Crippen LogP contribution in [0.4, 0.5) is 0 Å². The first-order valence-corrected chi connectivity index (χ1v) is 4.54. The van der Waals surface area contributed by atoms with Gasteiger partial charge in [-0.3, -0.25) is 4.79 Å². The number of imidazole rings is 1. The summed E-state index contributed by atoms with van der Waals surface area (Å²) in [7, 11) is 1.80. The predicted molar refractivity (Wildman–Crippen MR) is 54.2 cm³/mol. The number of Topliss-reactive ketones (excluding diaryl/α,β-unsaturated/α-hetero) is 1. The molecule has 1 aromatic rings. The van der Waals surface area contributed by atoms with Gasteiger partial charge in [0.05, 0.1) is 0 Å². The maximum atomic E-state index is 11.8. The molecule has 0 aliphatic carbocycles. The second kappa shape index (κ2) is 3.18. The fourth-order valence-electron chi connectivity index (χ4n) is 0.997. The average molecular weight is 198 g/mol. The summed E-state index contributed by atoms with van der Waals surface area (Å²) in [4.78, 5) is 15.8. The van der Waals surface area contributed by atoms with E-state index in [0.717, 1.165) is 0 Å². The molecule has 0 aliphatic rings. The average Bonchev–Trinajstić information content (AvgIpc) is 2.26. The van der Waals surface area contributed by atoms with Gasteiger partial charge in [-0.2, -0.15) is 0 Å². The number of thiol groups is 1. The molecule has 0 saturated carbocycles. The lowest BCUT2D eigenvalue weighted by Gasteiger charge is -2.15. The van der Waals surface area contributed by atoms with Gasteiger partial charge in [-0.15, -0.1) is 12.6 Å². The topological polar surface area (TPSA) is 34.9 Å². The maximum absolute atomic E-state index is 11.8. The Bertz CT molecular complexity index is 336. The molecule has 0 atom stereocenters. The van der Waals surface area contributed by atoms with Crippen molar-refractivity contribution in [3.8, 4) is 0 Å². The first-order chi connectivity index (χ1) is 5.82. The van der Waals surface area contributed by atoms with Crippen LogP contribution < -0.4 is 0 Å². The molecule has 0 saturated heterocycles. The molecule has 0 aliphatic heterocycles. The van der Waals surface area contributed by atoms with Crippen LogP contribution in [-0.2, 0) is 7.05 Å². The van der Waals surface area contributed by atoms with Crippen LogP contribution >= 0.6 is 12.6 Å². The Hall–Kier alpha value is -0.770. The zero-order chi connectivity index (χ0) is 10.2. The fourth-order valence-corrected chi connectivity index (χ4v) is 1.26. The van der Waals surface area contributed by atoms with Crippen molar-refractivity contribution in [1.29, 1.82) is 0 Å². The van der Waals surface area contributed by atoms with E-state index in [9.17, 15) is 4.79 Å². The highest BCUT2D eigenvalue weighted by atomic mass is 32.1. The monoisotopic (exact) mass is 198 g/mol. The molecule has 0 fully saturated rings. The van der Waals surface area contributed by atoms with Gasteiger partial charge >= 0.3 is 0 Å². The van der Waals surface area contributed by atoms with Gasteiger partial charge in [-0.25, -0.2) is 4.98 Å². The van der Waals surface area contributed by atoms with Crippen molar-refractivity contribution in [3.63, 3.8) is 0 Å². The summed E-state index contributed by atoms with van der Waals surface area (Å²) in [6.07, 6.45) is 1.72. The summed E-state index contributed by atoms with van der Waals surface area (Å²) >= 11 is 4.08. The van der Waals surface area contributed by atoms with Crippen molar-refractivity contribution in [3.05, 3.63) is 12.0 Å². The minimum absolute atomic E-state index is 0.0373. The third-order valence-electron chi connectivity index (χ3n) is 1.75. The molecular weight excluding hydrogens is 184 g/mol. The quantitative estimate of drug-likeness (QED) is 0.553. The van der Waals surface area contributed by atoms with E-state index >= 15 is 0 Å². The number of carbonyl (C=O) groups excluding carboxylic acids is 1. The van der Waals surface area contributed by atoms with Crippen molar-refractivity contribution >= 4 is 18.4 Å². The third-order valence-corrected chi connectivity index (χ3v) is 1.96. The van der Waals surface area contributed by atoms with Gasteiger partial charge in [0.25, 0.3) is 0 Å². The Balaban J connectivity index is 3.09. The van der Waals surface area contributed by atoms with E-state index in [2.05, 4.69) is 17.6 Å². The zero-order valence-corrected chi connectivity index (χ0v) is 9.22. The summed E-state index contributed by atoms with van der Waals surface area (Å²) < 4.78 is 1.70. The number of aromatic nitrogens is 2. The van der Waals surface area contributed by atoms with Crippen molar-refractivity contribution < 1.29 is 4.79 Å². The molecule has 1 heterocycles. The van der Waals surface area contributed by atoms with Gasteiger partial charge in [0.15, 0.2) is 5.82 Å². The Labute approximate surface area is 83.6 Å². The smallest absolute Gasteiger partial charge is 0.203 e. The normalized spacial score (nSPS) is 11.8. The molecule has 0 aromatic carbocycles. The molecule has 0 radical (unpaired) electrons. The molecule has 0 amide bonds. The predicted octanol–water partition coefficient (Wildman–Crippen LogP) is 1.94. The van der Waals surface area contributed by atoms with E-state index in [1.807, 2.05) is 20.8 Å². The number of hydrogen-bond acceptors (Lipinski definition) is 3. The van der Waals surface area contributed by atoms with E-state index in [4.69, 9.17) is 0 Å². The first-order valence-electron chi connectivity index (χ1n) is 4.09. The second-order valence-electron chi connectivity index (χ2n) is 4.11. The molecular formula is C9H14N2OS. The van der Waals surface area contributed by atoms with Crippen LogP contribution in [-0.4, -0.2) is 15.3 Å². The molecule has 0 bridgehead atoms. The molecule has 72 valence electrons. The second-order valence-corrected chi connectivity index (χ2v) is 4.57. The third kappa shape index (κ3) is 2.12. The largest absolute Gasteiger partial charge is 0.330 e. The lowest BCUT2D eigenvalue weighted by molar-refractivity contribution is 0.0843. The van der Waals surface area contributed by atoms with Crippen molar-refractivity contribution in [2.45, 2.75) is 25.8 Å². The lowest BCUT2D eigenvalue weighted by Crippen LogP contribution is -2.23. The minimum Gasteiger partial charge on any atom is -0.330 e. The first kappa shape index (κ1) is 10.3. The van der Waals surface area contributed by atoms with E-state index in [0.29, 0.717) is 10.9 Å². The fraction of sp³-hybridized carbons (Fsp3) is 0.556. The van der Waals surface area contributed by atoms with Crippen molar-refractivity contribution in [2.24, 2.45) is 12.5 Å². The zero-order valence-electron chi connectivity index (χ0n) is 8.33. The number of nitrogens with zero attached hydrogens (tertiary/aromatic N) is 2. The van der Waals surface area contributed by atoms with Crippen molar-refractivity contribution in [1.82, 2.24) is 9.55 Å². The Morgan fingerprint density at radius 1 is 1.54 bits per heavy atom. The summed E-state index contributed by atoms with van der Waals surface area (Å²) in [6.45, 7) is 5.63. The minimum atomic E-state index is -0.390. The molecule has 4 heteroatoms. The van der Waals surface area contributed by atoms with Crippen LogP contribution in [0.25, 0.3) is 0 Å². The van der Waals surface area contributed by atoms with E-state index < -0.39 is 0 Å². The van der Waals surface area contributed by atoms with Gasteiger partial charge in [-0.1, -0.05) is 20.8 Å². The maximum Gasteiger partial charge on any atom is 0.203 e. The summed E-state index contributed by atoms with van der Waals surface area (Å²) in [5.41, 5.74) is -0.390. The number of ketones is 1. The molecule has 1 aromatic heterocycles. The highest BCUT2D eigenvalue weighted by molar-refractivity contribution is 7.80. The van der Waals surface area contributed by atoms with Crippen LogP contribution in [0.3, 0.4) is 0 Å². The number of aryl methyl sites for hydroxylation is 1. The van der Waals surface area contributed by atoms with Gasteiger partial charge in [0, 0.05) is 18.7 Å². The summed E-state index contributed by atoms with van der Waals surface area (Å²) in [6, 6.07) is 0. The highest BCUT2D eigenvalue weighted by Gasteiger charge is 2.26. The van der Waals surface area contributed by atoms with E-state index in [1.54, 1.807) is 17.8 Å². The van der Waals surface area contributed by atoms with Gasteiger partial charge in [0.1, 0.15) is 5.03 Å². The standard InChI is InChI=1S/C9H14N2OS/c1-9(2,3)7(12)8-10-6(13)5-11(8)4/h5,13H,1-4H3. The SMILES string of the molecule is Cn1cc(S)nc1C(=O)C(C)(C)C. The van der Waals surface area contributed by atoms with Crippen LogP contribution in [0.1, 0.15) is 31.4 Å². The van der Waals surface area contributed by atoms with Crippen LogP contribution in [0.5, 0.6) is 0 Å². The van der Waals surface area contributed by atoms with Crippen LogP contribution in [0.2, 0.25) is 0 Å². The van der Waals surface area contributed by atoms with Gasteiger partial charge in [-0.05, 0) is 0 Å². The molecule has 0 N–H and O–H groups in total. The van der Waals surface area contributed by atoms with Crippen LogP contribution in [0, 0.1) is 5.41 Å². The molecule has 0 unspecified atom stereocenters. The van der Waals surface area contributed by atoms with Gasteiger partial charge in [0.2, 0.25) is 5.78 Å². The van der Waals surface area contributed by atoms with Gasteiger partial charge < -0.3 is 4.57 Å².